The van der Waals surface area contributed by atoms with E-state index in [4.69, 9.17) is 23.2 Å². The molecule has 0 aliphatic heterocycles. The topological polar surface area (TPSA) is 42.7 Å². The summed E-state index contributed by atoms with van der Waals surface area (Å²) in [6.07, 6.45) is 2.06. The van der Waals surface area contributed by atoms with Crippen molar-refractivity contribution in [1.29, 1.82) is 0 Å². The zero-order chi connectivity index (χ0) is 14.1. The van der Waals surface area contributed by atoms with E-state index in [9.17, 15) is 0 Å². The average Bonchev–Trinajstić information content (AvgIpc) is 3.06. The molecule has 1 aromatic carbocycles. The summed E-state index contributed by atoms with van der Waals surface area (Å²) in [6.45, 7) is 3.72. The van der Waals surface area contributed by atoms with E-state index >= 15 is 0 Å². The molecule has 0 fully saturated rings. The van der Waals surface area contributed by atoms with Crippen LogP contribution < -0.4 is 5.32 Å². The van der Waals surface area contributed by atoms with Gasteiger partial charge in [-0.3, -0.25) is 0 Å². The molecule has 7 heteroatoms. The zero-order valence-corrected chi connectivity index (χ0v) is 13.1. The third kappa shape index (κ3) is 2.37. The van der Waals surface area contributed by atoms with Crippen molar-refractivity contribution in [2.75, 3.05) is 5.32 Å². The highest BCUT2D eigenvalue weighted by atomic mass is 35.5. The standard InChI is InChI=1S/C13H12Cl2N4S/c1-2-19-5-3-4-8(19)7-16-11-9(14)6-10(15)12-13(11)18-20-17-12/h3-6,16H,2,7H2,1H3. The van der Waals surface area contributed by atoms with Crippen LogP contribution in [0.15, 0.2) is 24.4 Å². The van der Waals surface area contributed by atoms with Gasteiger partial charge in [0.15, 0.2) is 0 Å². The Bertz CT molecular complexity index is 750. The molecule has 0 amide bonds. The molecule has 0 unspecified atom stereocenters. The molecule has 0 atom stereocenters. The monoisotopic (exact) mass is 326 g/mol. The minimum Gasteiger partial charge on any atom is -0.376 e. The number of nitrogens with zero attached hydrogens (tertiary/aromatic N) is 3. The van der Waals surface area contributed by atoms with Crippen molar-refractivity contribution in [1.82, 2.24) is 13.3 Å². The van der Waals surface area contributed by atoms with Gasteiger partial charge < -0.3 is 9.88 Å². The molecule has 0 aliphatic carbocycles. The van der Waals surface area contributed by atoms with Gasteiger partial charge in [0.1, 0.15) is 11.0 Å². The van der Waals surface area contributed by atoms with E-state index in [0.717, 1.165) is 29.5 Å². The number of hydrogen-bond donors (Lipinski definition) is 1. The normalized spacial score (nSPS) is 11.2. The van der Waals surface area contributed by atoms with Gasteiger partial charge in [0.25, 0.3) is 0 Å². The highest BCUT2D eigenvalue weighted by Gasteiger charge is 2.14. The van der Waals surface area contributed by atoms with Crippen LogP contribution >= 0.6 is 34.9 Å². The Labute approximate surface area is 130 Å². The van der Waals surface area contributed by atoms with E-state index in [1.54, 1.807) is 6.07 Å². The minimum atomic E-state index is 0.529. The number of hydrogen-bond acceptors (Lipinski definition) is 4. The zero-order valence-electron chi connectivity index (χ0n) is 10.7. The van der Waals surface area contributed by atoms with Gasteiger partial charge in [0.05, 0.1) is 34.0 Å². The smallest absolute Gasteiger partial charge is 0.130 e. The lowest BCUT2D eigenvalue weighted by atomic mass is 10.2. The van der Waals surface area contributed by atoms with Crippen molar-refractivity contribution in [2.24, 2.45) is 0 Å². The van der Waals surface area contributed by atoms with Crippen molar-refractivity contribution in [3.8, 4) is 0 Å². The Kier molecular flexibility index (Phi) is 3.83. The fourth-order valence-corrected chi connectivity index (χ4v) is 3.32. The number of nitrogens with one attached hydrogen (secondary N) is 1. The number of fused-ring (bicyclic) bond motifs is 1. The predicted octanol–water partition coefficient (Wildman–Crippen LogP) is 4.43. The summed E-state index contributed by atoms with van der Waals surface area (Å²) >= 11 is 13.5. The van der Waals surface area contributed by atoms with E-state index in [-0.39, 0.29) is 0 Å². The molecule has 2 aromatic heterocycles. The third-order valence-corrected chi connectivity index (χ3v) is 4.27. The van der Waals surface area contributed by atoms with Gasteiger partial charge in [0.2, 0.25) is 0 Å². The highest BCUT2D eigenvalue weighted by Crippen LogP contribution is 2.35. The summed E-state index contributed by atoms with van der Waals surface area (Å²) in [5, 5.41) is 4.43. The van der Waals surface area contributed by atoms with E-state index in [0.29, 0.717) is 22.1 Å². The second-order valence-electron chi connectivity index (χ2n) is 4.32. The lowest BCUT2D eigenvalue weighted by molar-refractivity contribution is 0.724. The SMILES string of the molecule is CCn1cccc1CNc1c(Cl)cc(Cl)c2nsnc12. The van der Waals surface area contributed by atoms with Crippen molar-refractivity contribution in [3.05, 3.63) is 40.1 Å². The highest BCUT2D eigenvalue weighted by molar-refractivity contribution is 7.00. The summed E-state index contributed by atoms with van der Waals surface area (Å²) in [5.41, 5.74) is 3.38. The van der Waals surface area contributed by atoms with Crippen molar-refractivity contribution in [2.45, 2.75) is 20.0 Å². The van der Waals surface area contributed by atoms with E-state index in [2.05, 4.69) is 37.8 Å². The molecular weight excluding hydrogens is 315 g/mol. The van der Waals surface area contributed by atoms with Gasteiger partial charge in [-0.1, -0.05) is 23.2 Å². The van der Waals surface area contributed by atoms with E-state index in [1.807, 2.05) is 6.07 Å². The van der Waals surface area contributed by atoms with Crippen molar-refractivity contribution < 1.29 is 0 Å². The Hall–Kier alpha value is -1.30. The fraction of sp³-hybridized carbons (Fsp3) is 0.231. The summed E-state index contributed by atoms with van der Waals surface area (Å²) in [4.78, 5) is 0. The largest absolute Gasteiger partial charge is 0.376 e. The summed E-state index contributed by atoms with van der Waals surface area (Å²) in [6, 6.07) is 5.81. The fourth-order valence-electron chi connectivity index (χ4n) is 2.14. The van der Waals surface area contributed by atoms with Crippen LogP contribution in [0.1, 0.15) is 12.6 Å². The predicted molar refractivity (Wildman–Crippen MR) is 84.9 cm³/mol. The molecule has 104 valence electrons. The molecule has 0 spiro atoms. The van der Waals surface area contributed by atoms with Crippen molar-refractivity contribution in [3.63, 3.8) is 0 Å². The van der Waals surface area contributed by atoms with Crippen LogP contribution in [0.3, 0.4) is 0 Å². The van der Waals surface area contributed by atoms with E-state index in [1.165, 1.54) is 5.69 Å². The molecule has 0 saturated heterocycles. The molecule has 1 N–H and O–H groups in total. The van der Waals surface area contributed by atoms with Crippen LogP contribution in [-0.4, -0.2) is 13.3 Å². The summed E-state index contributed by atoms with van der Waals surface area (Å²) < 4.78 is 10.6. The molecule has 4 nitrogen and oxygen atoms in total. The van der Waals surface area contributed by atoms with Gasteiger partial charge in [-0.05, 0) is 25.1 Å². The number of anilines is 1. The van der Waals surface area contributed by atoms with E-state index < -0.39 is 0 Å². The first kappa shape index (κ1) is 13.7. The van der Waals surface area contributed by atoms with Crippen LogP contribution in [-0.2, 0) is 13.1 Å². The van der Waals surface area contributed by atoms with Crippen LogP contribution in [0, 0.1) is 0 Å². The van der Waals surface area contributed by atoms with Gasteiger partial charge in [-0.2, -0.15) is 8.75 Å². The van der Waals surface area contributed by atoms with Gasteiger partial charge in [-0.15, -0.1) is 0 Å². The van der Waals surface area contributed by atoms with Crippen LogP contribution in [0.5, 0.6) is 0 Å². The van der Waals surface area contributed by atoms with Gasteiger partial charge >= 0.3 is 0 Å². The molecule has 3 rings (SSSR count). The molecule has 0 saturated carbocycles. The number of aryl methyl sites for hydroxylation is 1. The number of rotatable bonds is 4. The van der Waals surface area contributed by atoms with Gasteiger partial charge in [-0.25, -0.2) is 0 Å². The molecule has 0 bridgehead atoms. The maximum absolute atomic E-state index is 6.26. The third-order valence-electron chi connectivity index (χ3n) is 3.15. The molecule has 20 heavy (non-hydrogen) atoms. The maximum Gasteiger partial charge on any atom is 0.130 e. The lowest BCUT2D eigenvalue weighted by Gasteiger charge is -2.11. The molecule has 0 radical (unpaired) electrons. The molecular formula is C13H12Cl2N4S. The second-order valence-corrected chi connectivity index (χ2v) is 5.66. The number of halogens is 2. The first-order valence-corrected chi connectivity index (χ1v) is 7.67. The minimum absolute atomic E-state index is 0.529. The lowest BCUT2D eigenvalue weighted by Crippen LogP contribution is -2.06. The molecule has 0 aliphatic rings. The second kappa shape index (κ2) is 5.60. The van der Waals surface area contributed by atoms with Crippen LogP contribution in [0.25, 0.3) is 11.0 Å². The molecule has 2 heterocycles. The summed E-state index contributed by atoms with van der Waals surface area (Å²) in [7, 11) is 0. The Balaban J connectivity index is 1.93. The van der Waals surface area contributed by atoms with Crippen molar-refractivity contribution >= 4 is 51.7 Å². The summed E-state index contributed by atoms with van der Waals surface area (Å²) in [5.74, 6) is 0. The average molecular weight is 327 g/mol. The number of aromatic nitrogens is 3. The Morgan fingerprint density at radius 3 is 2.85 bits per heavy atom. The Morgan fingerprint density at radius 2 is 2.05 bits per heavy atom. The maximum atomic E-state index is 6.26. The number of benzene rings is 1. The Morgan fingerprint density at radius 1 is 1.25 bits per heavy atom. The van der Waals surface area contributed by atoms with Crippen LogP contribution in [0.4, 0.5) is 5.69 Å². The first-order valence-electron chi connectivity index (χ1n) is 6.19. The van der Waals surface area contributed by atoms with Crippen LogP contribution in [0.2, 0.25) is 10.0 Å². The van der Waals surface area contributed by atoms with Gasteiger partial charge in [0, 0.05) is 18.4 Å². The first-order chi connectivity index (χ1) is 9.70. The molecule has 3 aromatic rings. The quantitative estimate of drug-likeness (QED) is 0.771.